The highest BCUT2D eigenvalue weighted by Gasteiger charge is 2.20. The largest absolute Gasteiger partial charge is 0.383 e. The Balaban J connectivity index is 4.23. The van der Waals surface area contributed by atoms with E-state index in [0.717, 1.165) is 0 Å². The molecule has 4 nitrogen and oxygen atoms in total. The number of ether oxygens (including phenoxy) is 1. The molecular weight excluding hydrogens is 294 g/mol. The van der Waals surface area contributed by atoms with Crippen molar-refractivity contribution in [2.24, 2.45) is 5.41 Å². The third-order valence-electron chi connectivity index (χ3n) is 2.02. The van der Waals surface area contributed by atoms with Crippen LogP contribution in [-0.4, -0.2) is 39.3 Å². The molecule has 0 saturated heterocycles. The van der Waals surface area contributed by atoms with Crippen molar-refractivity contribution in [3.8, 4) is 0 Å². The van der Waals surface area contributed by atoms with Crippen LogP contribution in [0.3, 0.4) is 0 Å². The molecule has 6 heteroatoms. The molecule has 0 rings (SSSR count). The molecule has 0 aromatic heterocycles. The summed E-state index contributed by atoms with van der Waals surface area (Å²) in [5, 5.41) is 0.551. The van der Waals surface area contributed by atoms with E-state index in [9.17, 15) is 8.42 Å². The Morgan fingerprint density at radius 3 is 2.31 bits per heavy atom. The summed E-state index contributed by atoms with van der Waals surface area (Å²) in [5.41, 5.74) is 0.0277. The maximum Gasteiger partial charge on any atom is 0.211 e. The monoisotopic (exact) mass is 315 g/mol. The molecule has 1 atom stereocenters. The van der Waals surface area contributed by atoms with Gasteiger partial charge in [0.2, 0.25) is 10.0 Å². The van der Waals surface area contributed by atoms with Crippen molar-refractivity contribution >= 4 is 26.0 Å². The van der Waals surface area contributed by atoms with Crippen LogP contribution in [0.2, 0.25) is 0 Å². The number of methoxy groups -OCH3 is 1. The molecule has 0 aliphatic carbocycles. The SMILES string of the molecule is COCC(CBr)NS(=O)(=O)CCC(C)(C)C. The topological polar surface area (TPSA) is 55.4 Å². The van der Waals surface area contributed by atoms with E-state index in [2.05, 4.69) is 20.7 Å². The molecule has 0 aromatic carbocycles. The Morgan fingerprint density at radius 1 is 1.38 bits per heavy atom. The summed E-state index contributed by atoms with van der Waals surface area (Å²) in [5.74, 6) is 0.156. The van der Waals surface area contributed by atoms with E-state index in [1.165, 1.54) is 0 Å². The molecule has 0 fully saturated rings. The number of hydrogen-bond acceptors (Lipinski definition) is 3. The second kappa shape index (κ2) is 6.93. The standard InChI is InChI=1S/C10H22BrNO3S/c1-10(2,3)5-6-16(13,14)12-9(7-11)8-15-4/h9,12H,5-8H2,1-4H3. The summed E-state index contributed by atoms with van der Waals surface area (Å²) < 4.78 is 31.0. The molecule has 0 saturated carbocycles. The summed E-state index contributed by atoms with van der Waals surface area (Å²) in [6, 6.07) is -0.199. The Kier molecular flexibility index (Phi) is 7.09. The number of rotatable bonds is 7. The second-order valence-corrected chi connectivity index (χ2v) is 7.57. The highest BCUT2D eigenvalue weighted by molar-refractivity contribution is 9.09. The fourth-order valence-electron chi connectivity index (χ4n) is 1.06. The highest BCUT2D eigenvalue weighted by Crippen LogP contribution is 2.19. The molecule has 0 radical (unpaired) electrons. The first-order chi connectivity index (χ1) is 7.20. The molecule has 0 spiro atoms. The van der Waals surface area contributed by atoms with Gasteiger partial charge in [0.1, 0.15) is 0 Å². The normalized spacial score (nSPS) is 15.1. The van der Waals surface area contributed by atoms with Crippen LogP contribution in [-0.2, 0) is 14.8 Å². The molecule has 0 amide bonds. The lowest BCUT2D eigenvalue weighted by molar-refractivity contribution is 0.181. The molecule has 0 aromatic rings. The average molecular weight is 316 g/mol. The van der Waals surface area contributed by atoms with E-state index < -0.39 is 10.0 Å². The Morgan fingerprint density at radius 2 is 1.94 bits per heavy atom. The predicted molar refractivity (Wildman–Crippen MR) is 70.5 cm³/mol. The number of nitrogens with one attached hydrogen (secondary N) is 1. The van der Waals surface area contributed by atoms with E-state index in [1.54, 1.807) is 7.11 Å². The second-order valence-electron chi connectivity index (χ2n) is 5.05. The Bertz CT molecular complexity index is 285. The van der Waals surface area contributed by atoms with Crippen LogP contribution in [0.5, 0.6) is 0 Å². The zero-order valence-corrected chi connectivity index (χ0v) is 12.8. The number of alkyl halides is 1. The van der Waals surface area contributed by atoms with Gasteiger partial charge in [0.05, 0.1) is 18.4 Å². The lowest BCUT2D eigenvalue weighted by atomic mass is 9.94. The van der Waals surface area contributed by atoms with Crippen LogP contribution < -0.4 is 4.72 Å². The van der Waals surface area contributed by atoms with E-state index in [4.69, 9.17) is 4.74 Å². The molecule has 1 N–H and O–H groups in total. The van der Waals surface area contributed by atoms with Crippen molar-refractivity contribution in [3.63, 3.8) is 0 Å². The van der Waals surface area contributed by atoms with Crippen LogP contribution in [0.15, 0.2) is 0 Å². The van der Waals surface area contributed by atoms with Crippen molar-refractivity contribution in [2.75, 3.05) is 24.8 Å². The van der Waals surface area contributed by atoms with Crippen molar-refractivity contribution in [1.82, 2.24) is 4.72 Å². The van der Waals surface area contributed by atoms with Gasteiger partial charge in [0, 0.05) is 12.4 Å². The summed E-state index contributed by atoms with van der Waals surface area (Å²) in [4.78, 5) is 0. The highest BCUT2D eigenvalue weighted by atomic mass is 79.9. The van der Waals surface area contributed by atoms with Gasteiger partial charge in [-0.25, -0.2) is 13.1 Å². The molecule has 0 aliphatic heterocycles. The van der Waals surface area contributed by atoms with Crippen LogP contribution in [0.4, 0.5) is 0 Å². The van der Waals surface area contributed by atoms with Crippen LogP contribution >= 0.6 is 15.9 Å². The van der Waals surface area contributed by atoms with Crippen LogP contribution in [0, 0.1) is 5.41 Å². The zero-order valence-electron chi connectivity index (χ0n) is 10.4. The maximum absolute atomic E-state index is 11.7. The van der Waals surface area contributed by atoms with Gasteiger partial charge < -0.3 is 4.74 Å². The van der Waals surface area contributed by atoms with Crippen LogP contribution in [0.1, 0.15) is 27.2 Å². The molecule has 0 bridgehead atoms. The van der Waals surface area contributed by atoms with Gasteiger partial charge >= 0.3 is 0 Å². The smallest absolute Gasteiger partial charge is 0.211 e. The fraction of sp³-hybridized carbons (Fsp3) is 1.00. The minimum Gasteiger partial charge on any atom is -0.383 e. The predicted octanol–water partition coefficient (Wildman–Crippen LogP) is 1.75. The molecule has 0 heterocycles. The van der Waals surface area contributed by atoms with Gasteiger partial charge in [-0.3, -0.25) is 0 Å². The van der Waals surface area contributed by atoms with E-state index >= 15 is 0 Å². The third kappa shape index (κ3) is 8.50. The molecule has 0 aliphatic rings. The van der Waals surface area contributed by atoms with Crippen molar-refractivity contribution in [2.45, 2.75) is 33.2 Å². The van der Waals surface area contributed by atoms with E-state index in [0.29, 0.717) is 18.4 Å². The quantitative estimate of drug-likeness (QED) is 0.728. The van der Waals surface area contributed by atoms with E-state index in [1.807, 2.05) is 20.8 Å². The first-order valence-corrected chi connectivity index (χ1v) is 8.02. The molecule has 16 heavy (non-hydrogen) atoms. The lowest BCUT2D eigenvalue weighted by Gasteiger charge is -2.20. The van der Waals surface area contributed by atoms with E-state index in [-0.39, 0.29) is 17.2 Å². The van der Waals surface area contributed by atoms with Gasteiger partial charge in [0.15, 0.2) is 0 Å². The van der Waals surface area contributed by atoms with Gasteiger partial charge in [-0.05, 0) is 11.8 Å². The number of halogens is 1. The third-order valence-corrected chi connectivity index (χ3v) is 4.24. The first-order valence-electron chi connectivity index (χ1n) is 5.25. The van der Waals surface area contributed by atoms with Gasteiger partial charge in [-0.15, -0.1) is 0 Å². The Hall–Kier alpha value is 0.350. The summed E-state index contributed by atoms with van der Waals surface area (Å²) >= 11 is 3.25. The first kappa shape index (κ1) is 16.4. The van der Waals surface area contributed by atoms with Gasteiger partial charge in [-0.1, -0.05) is 36.7 Å². The van der Waals surface area contributed by atoms with Gasteiger partial charge in [0.25, 0.3) is 0 Å². The Labute approximate surface area is 107 Å². The molecule has 98 valence electrons. The molecular formula is C10H22BrNO3S. The number of sulfonamides is 1. The minimum atomic E-state index is -3.21. The zero-order chi connectivity index (χ0) is 12.8. The number of hydrogen-bond donors (Lipinski definition) is 1. The van der Waals surface area contributed by atoms with Crippen LogP contribution in [0.25, 0.3) is 0 Å². The fourth-order valence-corrected chi connectivity index (χ4v) is 3.29. The maximum atomic E-state index is 11.7. The van der Waals surface area contributed by atoms with Crippen molar-refractivity contribution in [3.05, 3.63) is 0 Å². The van der Waals surface area contributed by atoms with Crippen molar-refractivity contribution < 1.29 is 13.2 Å². The van der Waals surface area contributed by atoms with Crippen molar-refractivity contribution in [1.29, 1.82) is 0 Å². The molecule has 1 unspecified atom stereocenters. The summed E-state index contributed by atoms with van der Waals surface area (Å²) in [7, 11) is -1.65. The van der Waals surface area contributed by atoms with Gasteiger partial charge in [-0.2, -0.15) is 0 Å². The minimum absolute atomic E-state index is 0.0277. The summed E-state index contributed by atoms with van der Waals surface area (Å²) in [6.07, 6.45) is 0.643. The average Bonchev–Trinajstić information content (AvgIpc) is 2.13. The summed E-state index contributed by atoms with van der Waals surface area (Å²) in [6.45, 7) is 6.46. The lowest BCUT2D eigenvalue weighted by Crippen LogP contribution is -2.40.